The monoisotopic (exact) mass is 520 g/mol. The molecule has 0 saturated carbocycles. The molecular weight excluding hydrogens is 483 g/mol. The van der Waals surface area contributed by atoms with Gasteiger partial charge in [0.05, 0.1) is 17.3 Å². The number of hydrogen-bond acceptors (Lipinski definition) is 6. The molecule has 200 valence electrons. The van der Waals surface area contributed by atoms with Crippen molar-refractivity contribution in [2.45, 2.75) is 65.1 Å². The number of nitrogens with zero attached hydrogens (tertiary/aromatic N) is 6. The standard InChI is InChI=1S/C31H37BN6O/c1-4-29-28(32)10-22(12-33-29)15-37-25-11-26(37)18-36(17-25)30-8-7-23(13-34-30)27-9-21(6-5-20(2)3)16-38-31(27)24(19-39)14-35-38/h7-10,12-14,16,19-20,25-26H,4-6,11,15,17-18,32H2,1-3H3. The summed E-state index contributed by atoms with van der Waals surface area (Å²) in [5.74, 6) is 1.65. The van der Waals surface area contributed by atoms with E-state index in [-0.39, 0.29) is 0 Å². The highest BCUT2D eigenvalue weighted by Gasteiger charge is 2.44. The predicted molar refractivity (Wildman–Crippen MR) is 159 cm³/mol. The molecule has 8 heteroatoms. The van der Waals surface area contributed by atoms with Crippen molar-refractivity contribution < 1.29 is 4.79 Å². The Morgan fingerprint density at radius 2 is 1.90 bits per heavy atom. The summed E-state index contributed by atoms with van der Waals surface area (Å²) in [5, 5.41) is 4.47. The van der Waals surface area contributed by atoms with E-state index in [1.54, 1.807) is 6.20 Å². The number of carbonyl (C=O) groups is 1. The summed E-state index contributed by atoms with van der Waals surface area (Å²) in [5.41, 5.74) is 8.51. The van der Waals surface area contributed by atoms with Gasteiger partial charge in [0.15, 0.2) is 6.29 Å². The van der Waals surface area contributed by atoms with Gasteiger partial charge in [0, 0.05) is 67.1 Å². The number of pyridine rings is 3. The van der Waals surface area contributed by atoms with Crippen LogP contribution in [0.2, 0.25) is 0 Å². The maximum Gasteiger partial charge on any atom is 0.153 e. The normalized spacial score (nSPS) is 19.0. The average Bonchev–Trinajstić information content (AvgIpc) is 3.38. The van der Waals surface area contributed by atoms with Gasteiger partial charge < -0.3 is 4.90 Å². The van der Waals surface area contributed by atoms with Gasteiger partial charge in [-0.15, -0.1) is 0 Å². The van der Waals surface area contributed by atoms with Gasteiger partial charge in [0.1, 0.15) is 13.7 Å². The molecule has 4 aromatic rings. The van der Waals surface area contributed by atoms with Crippen molar-refractivity contribution in [2.75, 3.05) is 18.0 Å². The summed E-state index contributed by atoms with van der Waals surface area (Å²) < 4.78 is 1.85. The highest BCUT2D eigenvalue weighted by molar-refractivity contribution is 6.33. The van der Waals surface area contributed by atoms with Gasteiger partial charge in [-0.2, -0.15) is 5.10 Å². The number of carbonyl (C=O) groups excluding carboxylic acids is 1. The molecule has 0 spiro atoms. The molecule has 3 aliphatic rings. The molecule has 0 aliphatic carbocycles. The van der Waals surface area contributed by atoms with Crippen LogP contribution >= 0.6 is 0 Å². The minimum absolute atomic E-state index is 0.551. The molecule has 7 rings (SSSR count). The van der Waals surface area contributed by atoms with E-state index in [4.69, 9.17) is 4.98 Å². The topological polar surface area (TPSA) is 66.6 Å². The van der Waals surface area contributed by atoms with E-state index in [1.165, 1.54) is 28.7 Å². The number of piperazine rings is 1. The van der Waals surface area contributed by atoms with Gasteiger partial charge in [-0.05, 0) is 60.9 Å². The van der Waals surface area contributed by atoms with E-state index in [2.05, 4.69) is 85.2 Å². The third-order valence-corrected chi connectivity index (χ3v) is 8.50. The van der Waals surface area contributed by atoms with Crippen molar-refractivity contribution in [3.63, 3.8) is 0 Å². The lowest BCUT2D eigenvalue weighted by atomic mass is 9.86. The fourth-order valence-electron chi connectivity index (χ4n) is 6.29. The maximum atomic E-state index is 11.8. The third-order valence-electron chi connectivity index (χ3n) is 8.50. The number of rotatable bonds is 9. The number of hydrogen-bond donors (Lipinski definition) is 0. The summed E-state index contributed by atoms with van der Waals surface area (Å²) in [7, 11) is 2.17. The van der Waals surface area contributed by atoms with Crippen LogP contribution in [0.25, 0.3) is 16.6 Å². The second kappa shape index (κ2) is 10.6. The smallest absolute Gasteiger partial charge is 0.153 e. The van der Waals surface area contributed by atoms with Crippen LogP contribution in [0.15, 0.2) is 49.1 Å². The van der Waals surface area contributed by atoms with Crippen LogP contribution < -0.4 is 10.4 Å². The number of fused-ring (bicyclic) bond motifs is 3. The fourth-order valence-corrected chi connectivity index (χ4v) is 6.29. The first-order valence-corrected chi connectivity index (χ1v) is 14.3. The summed E-state index contributed by atoms with van der Waals surface area (Å²) in [6.07, 6.45) is 12.9. The molecule has 0 amide bonds. The minimum Gasteiger partial charge on any atom is -0.353 e. The van der Waals surface area contributed by atoms with Crippen LogP contribution in [0.5, 0.6) is 0 Å². The number of anilines is 1. The van der Waals surface area contributed by atoms with Crippen molar-refractivity contribution in [3.8, 4) is 11.1 Å². The lowest BCUT2D eigenvalue weighted by Crippen LogP contribution is -2.68. The zero-order chi connectivity index (χ0) is 27.1. The van der Waals surface area contributed by atoms with Gasteiger partial charge in [-0.25, -0.2) is 9.50 Å². The molecule has 0 radical (unpaired) electrons. The highest BCUT2D eigenvalue weighted by Crippen LogP contribution is 2.36. The quantitative estimate of drug-likeness (QED) is 0.249. The van der Waals surface area contributed by atoms with E-state index in [0.29, 0.717) is 23.6 Å². The Kier molecular flexibility index (Phi) is 6.98. The Morgan fingerprint density at radius 1 is 1.08 bits per heavy atom. The zero-order valence-corrected chi connectivity index (χ0v) is 23.5. The zero-order valence-electron chi connectivity index (χ0n) is 23.5. The van der Waals surface area contributed by atoms with E-state index < -0.39 is 0 Å². The Hall–Kier alpha value is -3.52. The largest absolute Gasteiger partial charge is 0.353 e. The van der Waals surface area contributed by atoms with Gasteiger partial charge in [-0.3, -0.25) is 14.7 Å². The van der Waals surface area contributed by atoms with Gasteiger partial charge in [0.25, 0.3) is 0 Å². The van der Waals surface area contributed by atoms with E-state index in [1.807, 2.05) is 10.7 Å². The second-order valence-corrected chi connectivity index (χ2v) is 11.7. The van der Waals surface area contributed by atoms with Crippen LogP contribution in [0.1, 0.15) is 60.8 Å². The van der Waals surface area contributed by atoms with E-state index >= 15 is 0 Å². The second-order valence-electron chi connectivity index (χ2n) is 11.7. The molecule has 7 heterocycles. The Bertz CT molecular complexity index is 1490. The Balaban J connectivity index is 1.19. The molecule has 3 saturated heterocycles. The van der Waals surface area contributed by atoms with E-state index in [0.717, 1.165) is 67.6 Å². The number of aromatic nitrogens is 4. The first-order chi connectivity index (χ1) is 18.9. The summed E-state index contributed by atoms with van der Waals surface area (Å²) in [6, 6.07) is 9.90. The summed E-state index contributed by atoms with van der Waals surface area (Å²) >= 11 is 0. The molecule has 2 unspecified atom stereocenters. The first-order valence-electron chi connectivity index (χ1n) is 14.3. The predicted octanol–water partition coefficient (Wildman–Crippen LogP) is 3.48. The average molecular weight is 520 g/mol. The first kappa shape index (κ1) is 25.7. The van der Waals surface area contributed by atoms with E-state index in [9.17, 15) is 4.79 Å². The van der Waals surface area contributed by atoms with Gasteiger partial charge in [0.2, 0.25) is 0 Å². The van der Waals surface area contributed by atoms with Crippen LogP contribution in [0.4, 0.5) is 5.82 Å². The molecule has 0 N–H and O–H groups in total. The number of piperidine rings is 1. The molecule has 3 fully saturated rings. The molecule has 2 bridgehead atoms. The maximum absolute atomic E-state index is 11.8. The molecule has 2 atom stereocenters. The lowest BCUT2D eigenvalue weighted by molar-refractivity contribution is -0.00874. The van der Waals surface area contributed by atoms with Gasteiger partial charge >= 0.3 is 0 Å². The lowest BCUT2D eigenvalue weighted by Gasteiger charge is -2.56. The van der Waals surface area contributed by atoms with Gasteiger partial charge in [-0.1, -0.05) is 32.3 Å². The summed E-state index contributed by atoms with van der Waals surface area (Å²) in [6.45, 7) is 9.61. The van der Waals surface area contributed by atoms with Crippen molar-refractivity contribution >= 4 is 30.9 Å². The molecule has 4 aromatic heterocycles. The van der Waals surface area contributed by atoms with Crippen molar-refractivity contribution in [3.05, 3.63) is 71.4 Å². The number of aldehydes is 1. The Morgan fingerprint density at radius 3 is 2.56 bits per heavy atom. The number of aryl methyl sites for hydroxylation is 2. The van der Waals surface area contributed by atoms with Crippen LogP contribution in [-0.2, 0) is 19.4 Å². The minimum atomic E-state index is 0.551. The van der Waals surface area contributed by atoms with Crippen molar-refractivity contribution in [1.29, 1.82) is 0 Å². The third kappa shape index (κ3) is 4.98. The highest BCUT2D eigenvalue weighted by atomic mass is 16.1. The Labute approximate surface area is 231 Å². The molecule has 39 heavy (non-hydrogen) atoms. The van der Waals surface area contributed by atoms with Crippen LogP contribution in [-0.4, -0.2) is 63.8 Å². The van der Waals surface area contributed by atoms with Crippen LogP contribution in [0, 0.1) is 5.92 Å². The molecular formula is C31H37BN6O. The molecule has 0 aromatic carbocycles. The summed E-state index contributed by atoms with van der Waals surface area (Å²) in [4.78, 5) is 26.4. The molecule has 3 aliphatic heterocycles. The van der Waals surface area contributed by atoms with Crippen molar-refractivity contribution in [2.24, 2.45) is 5.92 Å². The molecule has 7 nitrogen and oxygen atoms in total. The SMILES string of the molecule is Bc1cc(CN2C3CC2CN(c2ccc(-c4cc(CCC(C)C)cn5ncc(C=O)c45)cn2)C3)cnc1CC. The van der Waals surface area contributed by atoms with Crippen molar-refractivity contribution in [1.82, 2.24) is 24.5 Å². The fraction of sp³-hybridized carbons (Fsp3) is 0.419. The van der Waals surface area contributed by atoms with Crippen LogP contribution in [0.3, 0.4) is 0 Å².